The molecule has 5 nitrogen and oxygen atoms in total. The molecule has 6 heteroatoms. The van der Waals surface area contributed by atoms with Gasteiger partial charge in [0.2, 0.25) is 0 Å². The van der Waals surface area contributed by atoms with Crippen molar-refractivity contribution in [2.24, 2.45) is 5.41 Å². The minimum Gasteiger partial charge on any atom is -0.315 e. The first-order chi connectivity index (χ1) is 13.7. The van der Waals surface area contributed by atoms with Gasteiger partial charge in [-0.25, -0.2) is 4.68 Å². The van der Waals surface area contributed by atoms with Gasteiger partial charge in [-0.3, -0.25) is 9.78 Å². The van der Waals surface area contributed by atoms with Gasteiger partial charge in [-0.15, -0.1) is 0 Å². The van der Waals surface area contributed by atoms with Crippen LogP contribution in [-0.2, 0) is 6.42 Å². The van der Waals surface area contributed by atoms with Crippen molar-refractivity contribution in [2.75, 3.05) is 13.1 Å². The van der Waals surface area contributed by atoms with Crippen LogP contribution in [0.3, 0.4) is 0 Å². The van der Waals surface area contributed by atoms with E-state index in [9.17, 15) is 4.79 Å². The van der Waals surface area contributed by atoms with Gasteiger partial charge in [-0.05, 0) is 90.0 Å². The predicted molar refractivity (Wildman–Crippen MR) is 116 cm³/mol. The SMILES string of the molecule is O=C(c1ccccn1)[C@@]12CNCCC1=Cc1c(cnn1-c1ccc(I)cc1)C2. The molecular weight excluding hydrogens is 463 g/mol. The molecule has 0 bridgehead atoms. The number of carbonyl (C=O) groups is 1. The lowest BCUT2D eigenvalue weighted by Gasteiger charge is -2.41. The Hall–Kier alpha value is -2.32. The topological polar surface area (TPSA) is 59.8 Å². The van der Waals surface area contributed by atoms with E-state index in [4.69, 9.17) is 0 Å². The van der Waals surface area contributed by atoms with Crippen LogP contribution in [0, 0.1) is 8.99 Å². The molecular formula is C22H19IN4O. The quantitative estimate of drug-likeness (QED) is 0.457. The van der Waals surface area contributed by atoms with Gasteiger partial charge in [0.15, 0.2) is 5.78 Å². The third-order valence-corrected chi connectivity index (χ3v) is 6.42. The number of carbonyl (C=O) groups excluding carboxylic acids is 1. The molecule has 1 aromatic carbocycles. The van der Waals surface area contributed by atoms with Gasteiger partial charge in [0, 0.05) is 16.3 Å². The van der Waals surface area contributed by atoms with Crippen molar-refractivity contribution in [1.29, 1.82) is 0 Å². The van der Waals surface area contributed by atoms with Crippen molar-refractivity contribution < 1.29 is 4.79 Å². The molecule has 0 spiro atoms. The molecule has 0 unspecified atom stereocenters. The second kappa shape index (κ2) is 6.93. The van der Waals surface area contributed by atoms with Crippen molar-refractivity contribution in [1.82, 2.24) is 20.1 Å². The molecule has 2 aromatic heterocycles. The molecule has 1 atom stereocenters. The number of fused-ring (bicyclic) bond motifs is 2. The highest BCUT2D eigenvalue weighted by atomic mass is 127. The number of aromatic nitrogens is 3. The number of rotatable bonds is 3. The van der Waals surface area contributed by atoms with Crippen molar-refractivity contribution in [3.05, 3.63) is 81.0 Å². The van der Waals surface area contributed by atoms with Crippen molar-refractivity contribution in [3.8, 4) is 5.69 Å². The number of hydrogen-bond acceptors (Lipinski definition) is 4. The third kappa shape index (κ3) is 2.82. The Bertz CT molecular complexity index is 1070. The van der Waals surface area contributed by atoms with E-state index in [1.54, 1.807) is 6.20 Å². The molecule has 3 heterocycles. The van der Waals surface area contributed by atoms with E-state index in [0.717, 1.165) is 29.9 Å². The minimum atomic E-state index is -0.570. The van der Waals surface area contributed by atoms with E-state index >= 15 is 0 Å². The molecule has 1 N–H and O–H groups in total. The fourth-order valence-electron chi connectivity index (χ4n) is 4.27. The first kappa shape index (κ1) is 17.8. The number of pyridine rings is 1. The zero-order valence-corrected chi connectivity index (χ0v) is 17.4. The van der Waals surface area contributed by atoms with Crippen LogP contribution < -0.4 is 5.32 Å². The van der Waals surface area contributed by atoms with E-state index in [-0.39, 0.29) is 5.78 Å². The molecule has 0 saturated carbocycles. The molecule has 1 fully saturated rings. The molecule has 1 aliphatic carbocycles. The fraction of sp³-hybridized carbons (Fsp3) is 0.227. The Balaban J connectivity index is 1.60. The van der Waals surface area contributed by atoms with Crippen molar-refractivity contribution >= 4 is 34.5 Å². The highest BCUT2D eigenvalue weighted by Gasteiger charge is 2.47. The van der Waals surface area contributed by atoms with Crippen LogP contribution in [0.4, 0.5) is 0 Å². The normalized spacial score (nSPS) is 20.8. The second-order valence-corrected chi connectivity index (χ2v) is 8.59. The maximum absolute atomic E-state index is 13.5. The van der Waals surface area contributed by atoms with Crippen LogP contribution in [0.15, 0.2) is 60.4 Å². The number of Topliss-reactive ketones (excluding diaryl/α,β-unsaturated/α-hetero) is 1. The van der Waals surface area contributed by atoms with Crippen LogP contribution in [0.1, 0.15) is 28.2 Å². The Morgan fingerprint density at radius 1 is 1.18 bits per heavy atom. The highest BCUT2D eigenvalue weighted by molar-refractivity contribution is 14.1. The highest BCUT2D eigenvalue weighted by Crippen LogP contribution is 2.44. The number of hydrogen-bond donors (Lipinski definition) is 1. The van der Waals surface area contributed by atoms with Gasteiger partial charge in [-0.2, -0.15) is 5.10 Å². The summed E-state index contributed by atoms with van der Waals surface area (Å²) in [6, 6.07) is 13.9. The summed E-state index contributed by atoms with van der Waals surface area (Å²) in [4.78, 5) is 17.8. The summed E-state index contributed by atoms with van der Waals surface area (Å²) in [5.41, 5.74) is 4.38. The molecule has 28 heavy (non-hydrogen) atoms. The molecule has 140 valence electrons. The maximum Gasteiger partial charge on any atom is 0.192 e. The van der Waals surface area contributed by atoms with Gasteiger partial charge < -0.3 is 5.32 Å². The van der Waals surface area contributed by atoms with Crippen LogP contribution in [0.25, 0.3) is 11.8 Å². The van der Waals surface area contributed by atoms with Gasteiger partial charge in [0.25, 0.3) is 0 Å². The fourth-order valence-corrected chi connectivity index (χ4v) is 4.63. The van der Waals surface area contributed by atoms with E-state index in [1.165, 1.54) is 9.14 Å². The number of ketones is 1. The van der Waals surface area contributed by atoms with Crippen LogP contribution in [0.2, 0.25) is 0 Å². The molecule has 5 rings (SSSR count). The molecule has 0 radical (unpaired) electrons. The number of nitrogens with zero attached hydrogens (tertiary/aromatic N) is 3. The Kier molecular flexibility index (Phi) is 4.40. The lowest BCUT2D eigenvalue weighted by atomic mass is 9.65. The monoisotopic (exact) mass is 482 g/mol. The summed E-state index contributed by atoms with van der Waals surface area (Å²) < 4.78 is 3.18. The van der Waals surface area contributed by atoms with E-state index in [0.29, 0.717) is 18.7 Å². The molecule has 0 amide bonds. The predicted octanol–water partition coefficient (Wildman–Crippen LogP) is 3.67. The average Bonchev–Trinajstić information content (AvgIpc) is 3.15. The zero-order chi connectivity index (χ0) is 19.1. The van der Waals surface area contributed by atoms with Gasteiger partial charge >= 0.3 is 0 Å². The minimum absolute atomic E-state index is 0.0965. The average molecular weight is 482 g/mol. The second-order valence-electron chi connectivity index (χ2n) is 7.34. The van der Waals surface area contributed by atoms with Gasteiger partial charge in [0.05, 0.1) is 23.0 Å². The Morgan fingerprint density at radius 2 is 2.04 bits per heavy atom. The summed E-state index contributed by atoms with van der Waals surface area (Å²) >= 11 is 2.30. The van der Waals surface area contributed by atoms with Gasteiger partial charge in [-0.1, -0.05) is 11.6 Å². The molecule has 2 aliphatic rings. The van der Waals surface area contributed by atoms with E-state index < -0.39 is 5.41 Å². The third-order valence-electron chi connectivity index (χ3n) is 5.71. The summed E-state index contributed by atoms with van der Waals surface area (Å²) in [5, 5.41) is 8.07. The zero-order valence-electron chi connectivity index (χ0n) is 15.2. The first-order valence-corrected chi connectivity index (χ1v) is 10.5. The molecule has 3 aromatic rings. The van der Waals surface area contributed by atoms with Crippen LogP contribution in [0.5, 0.6) is 0 Å². The van der Waals surface area contributed by atoms with E-state index in [2.05, 4.69) is 68.3 Å². The van der Waals surface area contributed by atoms with E-state index in [1.807, 2.05) is 29.1 Å². The number of nitrogens with one attached hydrogen (secondary N) is 1. The smallest absolute Gasteiger partial charge is 0.192 e. The summed E-state index contributed by atoms with van der Waals surface area (Å²) in [7, 11) is 0. The van der Waals surface area contributed by atoms with Gasteiger partial charge in [0.1, 0.15) is 5.69 Å². The summed E-state index contributed by atoms with van der Waals surface area (Å²) in [6.07, 6.45) is 7.29. The van der Waals surface area contributed by atoms with Crippen LogP contribution >= 0.6 is 22.6 Å². The maximum atomic E-state index is 13.5. The molecule has 1 saturated heterocycles. The largest absolute Gasteiger partial charge is 0.315 e. The van der Waals surface area contributed by atoms with Crippen LogP contribution in [-0.4, -0.2) is 33.6 Å². The lowest BCUT2D eigenvalue weighted by molar-refractivity contribution is 0.0812. The Labute approximate surface area is 177 Å². The number of piperidine rings is 1. The summed E-state index contributed by atoms with van der Waals surface area (Å²) in [5.74, 6) is 0.0965. The Morgan fingerprint density at radius 3 is 2.82 bits per heavy atom. The van der Waals surface area contributed by atoms with Crippen molar-refractivity contribution in [2.45, 2.75) is 12.8 Å². The molecule has 1 aliphatic heterocycles. The number of benzene rings is 1. The first-order valence-electron chi connectivity index (χ1n) is 9.38. The lowest BCUT2D eigenvalue weighted by Crippen LogP contribution is -2.50. The number of halogens is 1. The summed E-state index contributed by atoms with van der Waals surface area (Å²) in [6.45, 7) is 1.53. The van der Waals surface area contributed by atoms with Crippen molar-refractivity contribution in [3.63, 3.8) is 0 Å². The standard InChI is InChI=1S/C22H19IN4O/c23-17-4-6-18(7-5-17)27-20-11-16-8-10-24-14-22(16,12-15(20)13-26-27)21(28)19-3-1-2-9-25-19/h1-7,9,11,13,24H,8,10,12,14H2/t22-/m0/s1.